The second-order valence-corrected chi connectivity index (χ2v) is 4.79. The quantitative estimate of drug-likeness (QED) is 0.660. The summed E-state index contributed by atoms with van der Waals surface area (Å²) in [6.07, 6.45) is 0. The topological polar surface area (TPSA) is 95.1 Å². The number of benzene rings is 1. The fourth-order valence-corrected chi connectivity index (χ4v) is 1.98. The van der Waals surface area contributed by atoms with E-state index >= 15 is 0 Å². The van der Waals surface area contributed by atoms with Crippen LogP contribution in [0.3, 0.4) is 0 Å². The van der Waals surface area contributed by atoms with E-state index in [-0.39, 0.29) is 6.79 Å². The second-order valence-electron chi connectivity index (χ2n) is 4.79. The van der Waals surface area contributed by atoms with Gasteiger partial charge in [-0.25, -0.2) is 4.79 Å². The zero-order valence-corrected chi connectivity index (χ0v) is 11.4. The van der Waals surface area contributed by atoms with E-state index in [0.717, 1.165) is 16.2 Å². The van der Waals surface area contributed by atoms with E-state index in [1.165, 1.54) is 0 Å². The van der Waals surface area contributed by atoms with Gasteiger partial charge in [-0.15, -0.1) is 0 Å². The highest BCUT2D eigenvalue weighted by Gasteiger charge is 2.23. The van der Waals surface area contributed by atoms with Gasteiger partial charge in [0.1, 0.15) is 6.54 Å². The molecule has 3 amide bonds. The fourth-order valence-electron chi connectivity index (χ4n) is 1.98. The average Bonchev–Trinajstić information content (AvgIpc) is 2.84. The van der Waals surface area contributed by atoms with Crippen LogP contribution >= 0.6 is 0 Å². The molecule has 1 aliphatic rings. The van der Waals surface area contributed by atoms with Crippen molar-refractivity contribution in [3.8, 4) is 11.5 Å². The maximum Gasteiger partial charge on any atom is 0.319 e. The number of primary amides is 1. The highest BCUT2D eigenvalue weighted by atomic mass is 16.7. The zero-order valence-electron chi connectivity index (χ0n) is 11.4. The van der Waals surface area contributed by atoms with Gasteiger partial charge < -0.3 is 20.1 Å². The highest BCUT2D eigenvalue weighted by Crippen LogP contribution is 2.32. The third kappa shape index (κ3) is 3.18. The van der Waals surface area contributed by atoms with E-state index in [2.05, 4.69) is 5.32 Å². The molecule has 1 aliphatic heterocycles. The minimum Gasteiger partial charge on any atom is -0.454 e. The van der Waals surface area contributed by atoms with Crippen LogP contribution in [0, 0.1) is 0 Å². The number of nitrogens with two attached hydrogens (primary N) is 1. The monoisotopic (exact) mass is 280 g/mol. The van der Waals surface area contributed by atoms with Crippen LogP contribution in [0.2, 0.25) is 0 Å². The maximum absolute atomic E-state index is 11.7. The van der Waals surface area contributed by atoms with E-state index < -0.39 is 18.0 Å². The van der Waals surface area contributed by atoms with Crippen LogP contribution in [0.4, 0.5) is 4.79 Å². The number of quaternary nitrogens is 1. The molecule has 7 heteroatoms. The van der Waals surface area contributed by atoms with Crippen molar-refractivity contribution >= 4 is 11.9 Å². The van der Waals surface area contributed by atoms with Crippen LogP contribution in [-0.2, 0) is 11.3 Å². The van der Waals surface area contributed by atoms with E-state index in [0.29, 0.717) is 12.3 Å². The van der Waals surface area contributed by atoms with Crippen molar-refractivity contribution in [2.75, 3.05) is 13.8 Å². The predicted octanol–water partition coefficient (Wildman–Crippen LogP) is -0.987. The summed E-state index contributed by atoms with van der Waals surface area (Å²) in [7, 11) is 1.87. The summed E-state index contributed by atoms with van der Waals surface area (Å²) in [6.45, 7) is 2.59. The molecule has 1 aromatic rings. The number of amides is 3. The van der Waals surface area contributed by atoms with Crippen molar-refractivity contribution in [3.63, 3.8) is 0 Å². The first-order chi connectivity index (χ1) is 9.47. The number of carbonyl (C=O) groups is 2. The van der Waals surface area contributed by atoms with Gasteiger partial charge in [0.05, 0.1) is 7.05 Å². The van der Waals surface area contributed by atoms with Gasteiger partial charge in [-0.05, 0) is 25.1 Å². The van der Waals surface area contributed by atoms with Crippen molar-refractivity contribution in [2.24, 2.45) is 5.73 Å². The first-order valence-corrected chi connectivity index (χ1v) is 6.28. The molecule has 0 bridgehead atoms. The molecule has 0 saturated carbocycles. The fraction of sp³-hybridized carbons (Fsp3) is 0.385. The van der Waals surface area contributed by atoms with E-state index in [1.54, 1.807) is 6.92 Å². The Hall–Kier alpha value is -2.28. The standard InChI is InChI=1S/C13H17N3O4/c1-8(12(17)15-13(14)18)16(2)6-9-3-4-10-11(5-9)20-7-19-10/h3-5,8H,6-7H2,1-2H3,(H3,14,15,17,18)/p+1/t8-/m1/s1. The summed E-state index contributed by atoms with van der Waals surface area (Å²) in [5.74, 6) is 1.05. The molecular weight excluding hydrogens is 262 g/mol. The summed E-state index contributed by atoms with van der Waals surface area (Å²) >= 11 is 0. The molecule has 0 fully saturated rings. The van der Waals surface area contributed by atoms with Gasteiger partial charge in [-0.3, -0.25) is 10.1 Å². The summed E-state index contributed by atoms with van der Waals surface area (Å²) in [6, 6.07) is 4.44. The second kappa shape index (κ2) is 5.79. The first kappa shape index (κ1) is 14.1. The third-order valence-electron chi connectivity index (χ3n) is 3.30. The smallest absolute Gasteiger partial charge is 0.319 e. The number of rotatable bonds is 4. The van der Waals surface area contributed by atoms with Gasteiger partial charge in [0.2, 0.25) is 6.79 Å². The van der Waals surface area contributed by atoms with E-state index in [4.69, 9.17) is 15.2 Å². The van der Waals surface area contributed by atoms with Crippen molar-refractivity contribution < 1.29 is 24.0 Å². The van der Waals surface area contributed by atoms with E-state index in [1.807, 2.05) is 25.2 Å². The minimum absolute atomic E-state index is 0.235. The van der Waals surface area contributed by atoms with Gasteiger partial charge in [0, 0.05) is 5.56 Å². The predicted molar refractivity (Wildman–Crippen MR) is 70.3 cm³/mol. The first-order valence-electron chi connectivity index (χ1n) is 6.28. The van der Waals surface area contributed by atoms with Crippen LogP contribution < -0.4 is 25.4 Å². The minimum atomic E-state index is -0.835. The normalized spacial score (nSPS) is 15.5. The Morgan fingerprint density at radius 3 is 2.80 bits per heavy atom. The molecule has 0 saturated heterocycles. The summed E-state index contributed by atoms with van der Waals surface area (Å²) < 4.78 is 10.6. The zero-order chi connectivity index (χ0) is 14.7. The molecule has 1 heterocycles. The number of ether oxygens (including phenoxy) is 2. The number of hydrogen-bond donors (Lipinski definition) is 3. The molecule has 1 aromatic carbocycles. The number of carbonyl (C=O) groups excluding carboxylic acids is 2. The Morgan fingerprint density at radius 2 is 2.10 bits per heavy atom. The number of hydrogen-bond acceptors (Lipinski definition) is 4. The summed E-state index contributed by atoms with van der Waals surface area (Å²) in [5, 5.41) is 2.09. The molecule has 1 unspecified atom stereocenters. The number of urea groups is 1. The molecule has 7 nitrogen and oxygen atoms in total. The molecular formula is C13H18N3O4+. The molecule has 0 radical (unpaired) electrons. The lowest BCUT2D eigenvalue weighted by atomic mass is 10.1. The average molecular weight is 280 g/mol. The SMILES string of the molecule is C[C@H](C(=O)NC(N)=O)[NH+](C)Cc1ccc2c(c1)OCO2. The molecule has 0 spiro atoms. The van der Waals surface area contributed by atoms with Crippen molar-refractivity contribution in [3.05, 3.63) is 23.8 Å². The number of fused-ring (bicyclic) bond motifs is 1. The molecule has 4 N–H and O–H groups in total. The van der Waals surface area contributed by atoms with Gasteiger partial charge in [0.15, 0.2) is 17.5 Å². The summed E-state index contributed by atoms with van der Waals surface area (Å²) in [5.41, 5.74) is 5.95. The largest absolute Gasteiger partial charge is 0.454 e. The molecule has 0 aromatic heterocycles. The molecule has 20 heavy (non-hydrogen) atoms. The number of nitrogens with one attached hydrogen (secondary N) is 2. The number of imide groups is 1. The Balaban J connectivity index is 1.98. The molecule has 2 atom stereocenters. The lowest BCUT2D eigenvalue weighted by molar-refractivity contribution is -0.908. The van der Waals surface area contributed by atoms with Gasteiger partial charge in [0.25, 0.3) is 5.91 Å². The van der Waals surface area contributed by atoms with Crippen LogP contribution in [0.1, 0.15) is 12.5 Å². The maximum atomic E-state index is 11.7. The molecule has 2 rings (SSSR count). The van der Waals surface area contributed by atoms with Crippen LogP contribution in [0.5, 0.6) is 11.5 Å². The van der Waals surface area contributed by atoms with Crippen LogP contribution in [0.15, 0.2) is 18.2 Å². The molecule has 0 aliphatic carbocycles. The van der Waals surface area contributed by atoms with Crippen molar-refractivity contribution in [2.45, 2.75) is 19.5 Å². The Morgan fingerprint density at radius 1 is 1.40 bits per heavy atom. The van der Waals surface area contributed by atoms with Gasteiger partial charge >= 0.3 is 6.03 Å². The van der Waals surface area contributed by atoms with Gasteiger partial charge in [-0.1, -0.05) is 0 Å². The number of likely N-dealkylation sites (N-methyl/N-ethyl adjacent to an activating group) is 1. The highest BCUT2D eigenvalue weighted by molar-refractivity contribution is 5.95. The van der Waals surface area contributed by atoms with E-state index in [9.17, 15) is 9.59 Å². The van der Waals surface area contributed by atoms with Gasteiger partial charge in [-0.2, -0.15) is 0 Å². The third-order valence-corrected chi connectivity index (χ3v) is 3.30. The Kier molecular flexibility index (Phi) is 4.09. The Bertz CT molecular complexity index is 532. The van der Waals surface area contributed by atoms with Crippen molar-refractivity contribution in [1.29, 1.82) is 0 Å². The van der Waals surface area contributed by atoms with Crippen LogP contribution in [0.25, 0.3) is 0 Å². The van der Waals surface area contributed by atoms with Crippen molar-refractivity contribution in [1.82, 2.24) is 5.32 Å². The molecule has 108 valence electrons. The lowest BCUT2D eigenvalue weighted by Gasteiger charge is -2.20. The lowest BCUT2D eigenvalue weighted by Crippen LogP contribution is -3.12. The Labute approximate surface area is 116 Å². The summed E-state index contributed by atoms with van der Waals surface area (Å²) in [4.78, 5) is 23.3. The van der Waals surface area contributed by atoms with Crippen LogP contribution in [-0.4, -0.2) is 31.8 Å².